The summed E-state index contributed by atoms with van der Waals surface area (Å²) in [6.07, 6.45) is 2.84. The molecule has 0 amide bonds. The quantitative estimate of drug-likeness (QED) is 0.777. The smallest absolute Gasteiger partial charge is 0.233 e. The molecular formula is C18H26N6O4S. The maximum Gasteiger partial charge on any atom is 0.233 e. The minimum Gasteiger partial charge on any atom is -0.486 e. The third-order valence-electron chi connectivity index (χ3n) is 5.68. The van der Waals surface area contributed by atoms with Gasteiger partial charge in [0.1, 0.15) is 22.9 Å². The van der Waals surface area contributed by atoms with E-state index in [0.717, 1.165) is 0 Å². The number of rotatable bonds is 4. The molecule has 4 heterocycles. The zero-order valence-electron chi connectivity index (χ0n) is 17.2. The number of nitrogens with zero attached hydrogens (tertiary/aromatic N) is 5. The fraction of sp³-hybridized carbons (Fsp3) is 0.611. The monoisotopic (exact) mass is 422 g/mol. The van der Waals surface area contributed by atoms with Crippen LogP contribution in [0.5, 0.6) is 5.75 Å². The van der Waals surface area contributed by atoms with E-state index in [4.69, 9.17) is 14.5 Å². The highest BCUT2D eigenvalue weighted by molar-refractivity contribution is 7.91. The van der Waals surface area contributed by atoms with E-state index in [-0.39, 0.29) is 12.1 Å². The van der Waals surface area contributed by atoms with E-state index in [1.54, 1.807) is 38.1 Å². The molecule has 2 atom stereocenters. The van der Waals surface area contributed by atoms with E-state index in [0.29, 0.717) is 48.8 Å². The normalized spacial score (nSPS) is 21.9. The number of morpholine rings is 1. The lowest BCUT2D eigenvalue weighted by Crippen LogP contribution is -2.56. The van der Waals surface area contributed by atoms with Crippen LogP contribution >= 0.6 is 0 Å². The number of aromatic amines is 1. The number of ether oxygens (including phenoxy) is 2. The van der Waals surface area contributed by atoms with Crippen molar-refractivity contribution in [3.8, 4) is 5.75 Å². The SMILES string of the molecule is C[C@@H]1COC[C@H]2COc3c(nc(N(C)c4ccn[nH]4)nc3C(C)(C)S(C)(=O)=O)N21. The van der Waals surface area contributed by atoms with E-state index in [9.17, 15) is 8.42 Å². The number of aromatic nitrogens is 4. The van der Waals surface area contributed by atoms with Crippen molar-refractivity contribution in [2.75, 3.05) is 42.9 Å². The van der Waals surface area contributed by atoms with Crippen LogP contribution in [0, 0.1) is 0 Å². The van der Waals surface area contributed by atoms with Gasteiger partial charge in [-0.3, -0.25) is 10.00 Å². The van der Waals surface area contributed by atoms with Crippen LogP contribution in [-0.2, 0) is 19.3 Å². The van der Waals surface area contributed by atoms with Crippen molar-refractivity contribution in [2.45, 2.75) is 37.6 Å². The van der Waals surface area contributed by atoms with Gasteiger partial charge in [-0.2, -0.15) is 10.1 Å². The largest absolute Gasteiger partial charge is 0.486 e. The molecule has 0 unspecified atom stereocenters. The molecule has 0 spiro atoms. The Hall–Kier alpha value is -2.40. The van der Waals surface area contributed by atoms with Gasteiger partial charge >= 0.3 is 0 Å². The van der Waals surface area contributed by atoms with Crippen LogP contribution < -0.4 is 14.5 Å². The van der Waals surface area contributed by atoms with Crippen molar-refractivity contribution in [1.82, 2.24) is 20.2 Å². The molecule has 0 saturated carbocycles. The summed E-state index contributed by atoms with van der Waals surface area (Å²) in [6.45, 7) is 6.83. The van der Waals surface area contributed by atoms with Crippen LogP contribution in [0.3, 0.4) is 0 Å². The maximum absolute atomic E-state index is 12.6. The fourth-order valence-electron chi connectivity index (χ4n) is 3.60. The van der Waals surface area contributed by atoms with Gasteiger partial charge in [-0.15, -0.1) is 0 Å². The Kier molecular flexibility index (Phi) is 4.69. The maximum atomic E-state index is 12.6. The van der Waals surface area contributed by atoms with Gasteiger partial charge in [0, 0.05) is 19.4 Å². The van der Waals surface area contributed by atoms with Gasteiger partial charge in [0.05, 0.1) is 31.5 Å². The topological polar surface area (TPSA) is 114 Å². The molecule has 1 fully saturated rings. The Morgan fingerprint density at radius 2 is 2.03 bits per heavy atom. The lowest BCUT2D eigenvalue weighted by Gasteiger charge is -2.45. The molecule has 158 valence electrons. The van der Waals surface area contributed by atoms with Gasteiger partial charge in [-0.25, -0.2) is 13.4 Å². The summed E-state index contributed by atoms with van der Waals surface area (Å²) in [5.41, 5.74) is 0.350. The lowest BCUT2D eigenvalue weighted by atomic mass is 10.0. The molecule has 0 aromatic carbocycles. The highest BCUT2D eigenvalue weighted by Gasteiger charge is 2.44. The number of fused-ring (bicyclic) bond motifs is 3. The van der Waals surface area contributed by atoms with Crippen molar-refractivity contribution in [3.05, 3.63) is 18.0 Å². The van der Waals surface area contributed by atoms with Crippen LogP contribution in [0.4, 0.5) is 17.6 Å². The number of H-pyrrole nitrogens is 1. The zero-order chi connectivity index (χ0) is 21.0. The van der Waals surface area contributed by atoms with Gasteiger partial charge in [-0.1, -0.05) is 0 Å². The predicted octanol–water partition coefficient (Wildman–Crippen LogP) is 1.23. The lowest BCUT2D eigenvalue weighted by molar-refractivity contribution is 0.0482. The Labute approximate surface area is 170 Å². The zero-order valence-corrected chi connectivity index (χ0v) is 18.0. The standard InChI is InChI=1S/C18H26N6O4S/c1-11-8-27-9-12-10-28-14-15(18(2,3)29(5,25)26)20-17(21-16(14)24(11)12)23(4)13-6-7-19-22-13/h6-7,11-12H,8-10H2,1-5H3,(H,19,22)/t11-,12+/m1/s1. The first-order valence-electron chi connectivity index (χ1n) is 9.45. The summed E-state index contributed by atoms with van der Waals surface area (Å²) in [6, 6.07) is 1.88. The predicted molar refractivity (Wildman–Crippen MR) is 109 cm³/mol. The molecule has 2 aliphatic rings. The van der Waals surface area contributed by atoms with Crippen molar-refractivity contribution in [2.24, 2.45) is 0 Å². The molecule has 1 N–H and O–H groups in total. The second-order valence-corrected chi connectivity index (χ2v) is 10.6. The third kappa shape index (κ3) is 3.21. The first-order chi connectivity index (χ1) is 13.6. The molecule has 29 heavy (non-hydrogen) atoms. The molecule has 0 aliphatic carbocycles. The average molecular weight is 423 g/mol. The number of sulfone groups is 1. The Morgan fingerprint density at radius 1 is 1.28 bits per heavy atom. The number of hydrogen-bond donors (Lipinski definition) is 1. The summed E-state index contributed by atoms with van der Waals surface area (Å²) in [4.78, 5) is 13.3. The molecule has 10 nitrogen and oxygen atoms in total. The Balaban J connectivity index is 1.94. The minimum absolute atomic E-state index is 0.0145. The van der Waals surface area contributed by atoms with Gasteiger partial charge < -0.3 is 14.4 Å². The summed E-state index contributed by atoms with van der Waals surface area (Å²) >= 11 is 0. The van der Waals surface area contributed by atoms with Gasteiger partial charge in [0.25, 0.3) is 0 Å². The average Bonchev–Trinajstić information content (AvgIpc) is 3.20. The summed E-state index contributed by atoms with van der Waals surface area (Å²) in [5, 5.41) is 6.86. The van der Waals surface area contributed by atoms with Crippen molar-refractivity contribution < 1.29 is 17.9 Å². The van der Waals surface area contributed by atoms with Crippen LogP contribution in [0.2, 0.25) is 0 Å². The minimum atomic E-state index is -3.48. The van der Waals surface area contributed by atoms with E-state index in [2.05, 4.69) is 27.0 Å². The number of hydrogen-bond acceptors (Lipinski definition) is 9. The highest BCUT2D eigenvalue weighted by atomic mass is 32.2. The van der Waals surface area contributed by atoms with Crippen molar-refractivity contribution in [1.29, 1.82) is 0 Å². The fourth-order valence-corrected chi connectivity index (χ4v) is 4.09. The van der Waals surface area contributed by atoms with Crippen LogP contribution in [0.15, 0.2) is 12.3 Å². The molecule has 2 aromatic rings. The molecule has 4 rings (SSSR count). The van der Waals surface area contributed by atoms with E-state index in [1.165, 1.54) is 6.26 Å². The van der Waals surface area contributed by atoms with Crippen molar-refractivity contribution >= 4 is 27.4 Å². The summed E-state index contributed by atoms with van der Waals surface area (Å²) < 4.78 is 35.7. The summed E-state index contributed by atoms with van der Waals surface area (Å²) in [5.74, 6) is 2.08. The van der Waals surface area contributed by atoms with E-state index < -0.39 is 14.6 Å². The Bertz CT molecular complexity index is 1010. The molecule has 0 bridgehead atoms. The molecule has 1 saturated heterocycles. The molecule has 2 aromatic heterocycles. The number of anilines is 3. The molecule has 0 radical (unpaired) electrons. The second kappa shape index (κ2) is 6.84. The third-order valence-corrected chi connectivity index (χ3v) is 7.73. The van der Waals surface area contributed by atoms with Crippen LogP contribution in [-0.4, -0.2) is 73.8 Å². The first kappa shape index (κ1) is 19.9. The van der Waals surface area contributed by atoms with Crippen LogP contribution in [0.25, 0.3) is 0 Å². The van der Waals surface area contributed by atoms with Gasteiger partial charge in [0.2, 0.25) is 5.95 Å². The van der Waals surface area contributed by atoms with E-state index in [1.807, 2.05) is 0 Å². The summed E-state index contributed by atoms with van der Waals surface area (Å²) in [7, 11) is -1.68. The van der Waals surface area contributed by atoms with Crippen molar-refractivity contribution in [3.63, 3.8) is 0 Å². The van der Waals surface area contributed by atoms with Gasteiger partial charge in [0.15, 0.2) is 21.4 Å². The molecular weight excluding hydrogens is 396 g/mol. The first-order valence-corrected chi connectivity index (χ1v) is 11.3. The molecule has 11 heteroatoms. The van der Waals surface area contributed by atoms with Gasteiger partial charge in [-0.05, 0) is 20.8 Å². The molecule has 2 aliphatic heterocycles. The second-order valence-electron chi connectivity index (χ2n) is 8.07. The Morgan fingerprint density at radius 3 is 2.69 bits per heavy atom. The van der Waals surface area contributed by atoms with Crippen LogP contribution in [0.1, 0.15) is 26.5 Å². The number of nitrogens with one attached hydrogen (secondary N) is 1. The van der Waals surface area contributed by atoms with E-state index >= 15 is 0 Å². The highest BCUT2D eigenvalue weighted by Crippen LogP contribution is 2.44.